The Kier molecular flexibility index (Phi) is 5.28. The minimum absolute atomic E-state index is 0.0688. The second kappa shape index (κ2) is 6.79. The fourth-order valence-electron chi connectivity index (χ4n) is 1.16. The van der Waals surface area contributed by atoms with E-state index < -0.39 is 6.10 Å². The number of rotatable bonds is 6. The van der Waals surface area contributed by atoms with Crippen LogP contribution in [0.4, 0.5) is 0 Å². The highest BCUT2D eigenvalue weighted by Crippen LogP contribution is 2.08. The lowest BCUT2D eigenvalue weighted by molar-refractivity contribution is -0.539. The summed E-state index contributed by atoms with van der Waals surface area (Å²) in [6.45, 7) is 2.19. The third-order valence-corrected chi connectivity index (χ3v) is 1.85. The van der Waals surface area contributed by atoms with Crippen LogP contribution >= 0.6 is 0 Å². The van der Waals surface area contributed by atoms with Crippen LogP contribution < -0.4 is 4.74 Å². The molecule has 0 aliphatic carbocycles. The normalized spacial score (nSPS) is 13.5. The molecule has 5 heteroatoms. The number of azo groups is 1. The molecule has 0 amide bonds. The highest BCUT2D eigenvalue weighted by Gasteiger charge is 2.10. The summed E-state index contributed by atoms with van der Waals surface area (Å²) in [6.07, 6.45) is -0.840. The minimum atomic E-state index is -0.840. The van der Waals surface area contributed by atoms with Crippen LogP contribution in [0, 0.1) is 5.21 Å². The summed E-state index contributed by atoms with van der Waals surface area (Å²) in [5, 5.41) is 24.1. The molecule has 1 aromatic carbocycles. The van der Waals surface area contributed by atoms with E-state index in [1.165, 1.54) is 0 Å². The van der Waals surface area contributed by atoms with Gasteiger partial charge in [-0.05, 0) is 24.2 Å². The summed E-state index contributed by atoms with van der Waals surface area (Å²) in [6, 6.07) is 9.14. The van der Waals surface area contributed by atoms with Crippen LogP contribution in [-0.2, 0) is 0 Å². The van der Waals surface area contributed by atoms with E-state index in [0.717, 1.165) is 0 Å². The van der Waals surface area contributed by atoms with Gasteiger partial charge in [0, 0.05) is 0 Å². The number of aliphatic hydroxyl groups excluding tert-OH is 1. The molecule has 0 radical (unpaired) electrons. The Hall–Kier alpha value is -1.62. The summed E-state index contributed by atoms with van der Waals surface area (Å²) in [5.74, 6) is 0.673. The quantitative estimate of drug-likeness (QED) is 0.451. The molecule has 0 aliphatic heterocycles. The zero-order chi connectivity index (χ0) is 11.8. The Morgan fingerprint density at radius 2 is 2.12 bits per heavy atom. The third-order valence-electron chi connectivity index (χ3n) is 1.85. The molecule has 0 aromatic heterocycles. The van der Waals surface area contributed by atoms with Crippen molar-refractivity contribution in [3.05, 3.63) is 35.5 Å². The fourth-order valence-corrected chi connectivity index (χ4v) is 1.16. The first-order valence-corrected chi connectivity index (χ1v) is 5.20. The molecule has 1 rings (SSSR count). The average molecular weight is 224 g/mol. The van der Waals surface area contributed by atoms with Crippen LogP contribution in [0.3, 0.4) is 0 Å². The number of benzene rings is 1. The van der Waals surface area contributed by atoms with E-state index in [1.54, 1.807) is 19.1 Å². The highest BCUT2D eigenvalue weighted by molar-refractivity contribution is 5.20. The molecule has 1 aromatic rings. The van der Waals surface area contributed by atoms with Gasteiger partial charge in [0.05, 0.1) is 0 Å². The van der Waals surface area contributed by atoms with Crippen molar-refractivity contribution in [1.29, 1.82) is 0 Å². The number of hydrogen-bond donors (Lipinski definition) is 1. The molecular weight excluding hydrogens is 208 g/mol. The molecule has 16 heavy (non-hydrogen) atoms. The summed E-state index contributed by atoms with van der Waals surface area (Å²) < 4.78 is 5.29. The van der Waals surface area contributed by atoms with E-state index >= 15 is 0 Å². The molecule has 0 fully saturated rings. The Balaban J connectivity index is 2.30. The van der Waals surface area contributed by atoms with Gasteiger partial charge in [-0.2, -0.15) is 0 Å². The second-order valence-electron chi connectivity index (χ2n) is 3.27. The van der Waals surface area contributed by atoms with Gasteiger partial charge < -0.3 is 15.1 Å². The van der Waals surface area contributed by atoms with Crippen molar-refractivity contribution in [2.24, 2.45) is 5.11 Å². The first-order chi connectivity index (χ1) is 7.72. The number of hydrogen-bond acceptors (Lipinski definition) is 4. The maximum atomic E-state index is 11.0. The van der Waals surface area contributed by atoms with Gasteiger partial charge in [0.1, 0.15) is 25.0 Å². The molecule has 0 bridgehead atoms. The van der Waals surface area contributed by atoms with Crippen molar-refractivity contribution in [2.45, 2.75) is 13.0 Å². The molecule has 0 aliphatic rings. The van der Waals surface area contributed by atoms with Gasteiger partial charge in [-0.25, -0.2) is 0 Å². The van der Waals surface area contributed by atoms with Crippen LogP contribution in [-0.4, -0.2) is 35.8 Å². The monoisotopic (exact) mass is 224 g/mol. The topological polar surface area (TPSA) is 67.9 Å². The predicted molar refractivity (Wildman–Crippen MR) is 59.4 cm³/mol. The largest absolute Gasteiger partial charge is 0.600 e. The van der Waals surface area contributed by atoms with E-state index in [9.17, 15) is 10.3 Å². The molecule has 1 atom stereocenters. The van der Waals surface area contributed by atoms with Gasteiger partial charge in [0.2, 0.25) is 6.54 Å². The van der Waals surface area contributed by atoms with Crippen molar-refractivity contribution < 1.29 is 14.7 Å². The molecule has 1 unspecified atom stereocenters. The second-order valence-corrected chi connectivity index (χ2v) is 3.27. The standard InChI is InChI=1S/C11H16N2O3/c1-2-12-13(15)8-10(14)9-16-11-6-4-3-5-7-11/h3-7,10,14H,2,8-9H2,1H3. The molecule has 0 saturated carbocycles. The molecule has 0 spiro atoms. The third kappa shape index (κ3) is 4.75. The Labute approximate surface area is 94.6 Å². The Morgan fingerprint density at radius 3 is 2.75 bits per heavy atom. The van der Waals surface area contributed by atoms with Crippen molar-refractivity contribution in [3.8, 4) is 5.75 Å². The van der Waals surface area contributed by atoms with Gasteiger partial charge in [-0.3, -0.25) is 0 Å². The molecule has 1 N–H and O–H groups in total. The summed E-state index contributed by atoms with van der Waals surface area (Å²) in [5.41, 5.74) is 0. The lowest BCUT2D eigenvalue weighted by Gasteiger charge is -2.10. The predicted octanol–water partition coefficient (Wildman–Crippen LogP) is 1.41. The van der Waals surface area contributed by atoms with Gasteiger partial charge in [-0.1, -0.05) is 23.1 Å². The van der Waals surface area contributed by atoms with E-state index in [1.807, 2.05) is 18.2 Å². The van der Waals surface area contributed by atoms with E-state index in [-0.39, 0.29) is 13.2 Å². The van der Waals surface area contributed by atoms with Crippen LogP contribution in [0.5, 0.6) is 5.75 Å². The zero-order valence-corrected chi connectivity index (χ0v) is 9.24. The van der Waals surface area contributed by atoms with Crippen molar-refractivity contribution in [2.75, 3.05) is 19.7 Å². The lowest BCUT2D eigenvalue weighted by Crippen LogP contribution is -2.26. The Bertz CT molecular complexity index is 327. The van der Waals surface area contributed by atoms with Crippen LogP contribution in [0.25, 0.3) is 0 Å². The van der Waals surface area contributed by atoms with Gasteiger partial charge >= 0.3 is 0 Å². The lowest BCUT2D eigenvalue weighted by atomic mass is 10.3. The molecule has 0 heterocycles. The smallest absolute Gasteiger partial charge is 0.209 e. The molecule has 88 valence electrons. The van der Waals surface area contributed by atoms with Gasteiger partial charge in [-0.15, -0.1) is 0 Å². The molecule has 5 nitrogen and oxygen atoms in total. The zero-order valence-electron chi connectivity index (χ0n) is 9.24. The van der Waals surface area contributed by atoms with Gasteiger partial charge in [0.15, 0.2) is 0 Å². The SMILES string of the molecule is CCN=[N+]([O-])CC(O)COc1ccccc1. The van der Waals surface area contributed by atoms with Crippen molar-refractivity contribution >= 4 is 0 Å². The number of para-hydroxylation sites is 1. The minimum Gasteiger partial charge on any atom is -0.600 e. The Morgan fingerprint density at radius 1 is 1.44 bits per heavy atom. The van der Waals surface area contributed by atoms with E-state index in [2.05, 4.69) is 5.11 Å². The number of nitrogens with zero attached hydrogens (tertiary/aromatic N) is 2. The first kappa shape index (κ1) is 12.4. The number of ether oxygens (including phenoxy) is 1. The van der Waals surface area contributed by atoms with Crippen LogP contribution in [0.2, 0.25) is 0 Å². The van der Waals surface area contributed by atoms with Gasteiger partial charge in [0.25, 0.3) is 0 Å². The maximum Gasteiger partial charge on any atom is 0.209 e. The van der Waals surface area contributed by atoms with Crippen molar-refractivity contribution in [1.82, 2.24) is 0 Å². The first-order valence-electron chi connectivity index (χ1n) is 5.20. The summed E-state index contributed by atoms with van der Waals surface area (Å²) in [4.78, 5) is 0.485. The van der Waals surface area contributed by atoms with Crippen molar-refractivity contribution in [3.63, 3.8) is 0 Å². The maximum absolute atomic E-state index is 11.0. The average Bonchev–Trinajstić information content (AvgIpc) is 2.28. The van der Waals surface area contributed by atoms with Crippen LogP contribution in [0.1, 0.15) is 6.92 Å². The summed E-state index contributed by atoms with van der Waals surface area (Å²) >= 11 is 0. The number of hydroxylamine groups is 1. The van der Waals surface area contributed by atoms with Crippen LogP contribution in [0.15, 0.2) is 35.4 Å². The summed E-state index contributed by atoms with van der Waals surface area (Å²) in [7, 11) is 0. The fraction of sp³-hybridized carbons (Fsp3) is 0.455. The highest BCUT2D eigenvalue weighted by atomic mass is 16.5. The van der Waals surface area contributed by atoms with E-state index in [0.29, 0.717) is 17.2 Å². The number of aliphatic hydroxyl groups is 1. The molecule has 0 saturated heterocycles. The molecular formula is C11H16N2O3. The van der Waals surface area contributed by atoms with E-state index in [4.69, 9.17) is 4.74 Å².